The zero-order chi connectivity index (χ0) is 23.3. The molecule has 9 heteroatoms. The Morgan fingerprint density at radius 3 is 2.69 bits per heavy atom. The van der Waals surface area contributed by atoms with E-state index in [-0.39, 0.29) is 27.6 Å². The molecule has 174 valence electrons. The highest BCUT2D eigenvalue weighted by Crippen LogP contribution is 2.21. The molecule has 2 N–H and O–H groups in total. The van der Waals surface area contributed by atoms with Crippen molar-refractivity contribution in [2.45, 2.75) is 50.9 Å². The molecule has 0 radical (unpaired) electrons. The van der Waals surface area contributed by atoms with Crippen LogP contribution in [-0.4, -0.2) is 51.1 Å². The van der Waals surface area contributed by atoms with Crippen LogP contribution in [0, 0.1) is 0 Å². The zero-order valence-electron chi connectivity index (χ0n) is 18.6. The van der Waals surface area contributed by atoms with Gasteiger partial charge in [-0.05, 0) is 50.1 Å². The number of nitrogens with one attached hydrogen (secondary N) is 2. The lowest BCUT2D eigenvalue weighted by Gasteiger charge is -2.31. The molecule has 1 heterocycles. The molecule has 0 spiro atoms. The molecule has 1 fully saturated rings. The lowest BCUT2D eigenvalue weighted by atomic mass is 10.1. The molecule has 1 atom stereocenters. The number of sulfonamides is 1. The summed E-state index contributed by atoms with van der Waals surface area (Å²) >= 11 is 6.18. The lowest BCUT2D eigenvalue weighted by molar-refractivity contribution is -0.0212. The van der Waals surface area contributed by atoms with Crippen LogP contribution < -0.4 is 10.0 Å². The Morgan fingerprint density at radius 2 is 1.97 bits per heavy atom. The van der Waals surface area contributed by atoms with Gasteiger partial charge in [-0.1, -0.05) is 35.9 Å². The Balaban J connectivity index is 1.66. The number of hydrogen-bond acceptors (Lipinski definition) is 5. The number of morpholine rings is 1. The van der Waals surface area contributed by atoms with Crippen LogP contribution in [0.4, 0.5) is 0 Å². The highest BCUT2D eigenvalue weighted by molar-refractivity contribution is 7.89. The van der Waals surface area contributed by atoms with Crippen molar-refractivity contribution in [1.82, 2.24) is 14.9 Å². The van der Waals surface area contributed by atoms with Crippen LogP contribution in [0.5, 0.6) is 0 Å². The molecule has 2 aromatic rings. The number of benzene rings is 2. The van der Waals surface area contributed by atoms with Gasteiger partial charge in [0.05, 0.1) is 28.2 Å². The largest absolute Gasteiger partial charge is 0.376 e. The predicted molar refractivity (Wildman–Crippen MR) is 125 cm³/mol. The van der Waals surface area contributed by atoms with E-state index in [0.717, 1.165) is 37.4 Å². The van der Waals surface area contributed by atoms with E-state index in [0.29, 0.717) is 6.54 Å². The molecular formula is C23H30ClN3O4S. The molecule has 1 saturated heterocycles. The maximum Gasteiger partial charge on any atom is 0.253 e. The molecule has 32 heavy (non-hydrogen) atoms. The Morgan fingerprint density at radius 1 is 1.22 bits per heavy atom. The second kappa shape index (κ2) is 10.8. The maximum atomic E-state index is 12.7. The topological polar surface area (TPSA) is 87.7 Å². The van der Waals surface area contributed by atoms with Crippen LogP contribution in [0.2, 0.25) is 5.02 Å². The molecule has 0 bridgehead atoms. The van der Waals surface area contributed by atoms with Crippen molar-refractivity contribution in [1.29, 1.82) is 0 Å². The van der Waals surface area contributed by atoms with Gasteiger partial charge in [0.1, 0.15) is 0 Å². The third-order valence-corrected chi connectivity index (χ3v) is 7.05. The first-order chi connectivity index (χ1) is 15.1. The van der Waals surface area contributed by atoms with Crippen LogP contribution in [-0.2, 0) is 27.8 Å². The summed E-state index contributed by atoms with van der Waals surface area (Å²) in [6.07, 6.45) is 0.228. The maximum absolute atomic E-state index is 12.7. The van der Waals surface area contributed by atoms with Crippen molar-refractivity contribution in [2.75, 3.05) is 19.7 Å². The van der Waals surface area contributed by atoms with Gasteiger partial charge in [0.15, 0.2) is 0 Å². The van der Waals surface area contributed by atoms with E-state index in [1.54, 1.807) is 13.8 Å². The van der Waals surface area contributed by atoms with Gasteiger partial charge in [-0.15, -0.1) is 0 Å². The summed E-state index contributed by atoms with van der Waals surface area (Å²) < 4.78 is 33.0. The van der Waals surface area contributed by atoms with Crippen molar-refractivity contribution in [3.05, 3.63) is 64.2 Å². The number of nitrogens with zero attached hydrogens (tertiary/aromatic N) is 1. The lowest BCUT2D eigenvalue weighted by Crippen LogP contribution is -2.40. The number of ether oxygens (including phenoxy) is 1. The molecule has 3 rings (SSSR count). The van der Waals surface area contributed by atoms with E-state index in [4.69, 9.17) is 16.3 Å². The minimum atomic E-state index is -3.73. The first kappa shape index (κ1) is 24.7. The first-order valence-electron chi connectivity index (χ1n) is 10.7. The summed E-state index contributed by atoms with van der Waals surface area (Å²) in [5.41, 5.74) is 2.24. The summed E-state index contributed by atoms with van der Waals surface area (Å²) in [6, 6.07) is 11.9. The molecule has 0 saturated carbocycles. The van der Waals surface area contributed by atoms with Crippen molar-refractivity contribution in [2.24, 2.45) is 0 Å². The summed E-state index contributed by atoms with van der Waals surface area (Å²) in [4.78, 5) is 15.1. The Kier molecular flexibility index (Phi) is 8.30. The van der Waals surface area contributed by atoms with Crippen LogP contribution in [0.3, 0.4) is 0 Å². The van der Waals surface area contributed by atoms with Gasteiger partial charge in [0, 0.05) is 32.2 Å². The SMILES string of the molecule is CC(C)NS(=O)(=O)c1ccc(Cl)c(C(=O)NCc2cccc(CN3CCOC(C)C3)c2)c1. The van der Waals surface area contributed by atoms with Crippen LogP contribution in [0.25, 0.3) is 0 Å². The number of carbonyl (C=O) groups excluding carboxylic acids is 1. The van der Waals surface area contributed by atoms with Crippen LogP contribution >= 0.6 is 11.6 Å². The molecule has 7 nitrogen and oxygen atoms in total. The fourth-order valence-corrected chi connectivity index (χ4v) is 5.11. The second-order valence-electron chi connectivity index (χ2n) is 8.34. The van der Waals surface area contributed by atoms with Gasteiger partial charge >= 0.3 is 0 Å². The summed E-state index contributed by atoms with van der Waals surface area (Å²) in [6.45, 7) is 9.19. The molecular weight excluding hydrogens is 450 g/mol. The molecule has 1 unspecified atom stereocenters. The fourth-order valence-electron chi connectivity index (χ4n) is 3.63. The molecule has 1 amide bonds. The number of carbonyl (C=O) groups is 1. The minimum absolute atomic E-state index is 0.00230. The van der Waals surface area contributed by atoms with E-state index in [1.165, 1.54) is 18.2 Å². The summed E-state index contributed by atoms with van der Waals surface area (Å²) in [7, 11) is -3.73. The number of amides is 1. The third kappa shape index (κ3) is 6.76. The van der Waals surface area contributed by atoms with E-state index in [9.17, 15) is 13.2 Å². The predicted octanol–water partition coefficient (Wildman–Crippen LogP) is 3.18. The van der Waals surface area contributed by atoms with Gasteiger partial charge in [-0.3, -0.25) is 9.69 Å². The van der Waals surface area contributed by atoms with Crippen molar-refractivity contribution >= 4 is 27.5 Å². The second-order valence-corrected chi connectivity index (χ2v) is 10.5. The van der Waals surface area contributed by atoms with Crippen molar-refractivity contribution in [3.8, 4) is 0 Å². The van der Waals surface area contributed by atoms with Gasteiger partial charge in [-0.25, -0.2) is 13.1 Å². The van der Waals surface area contributed by atoms with Gasteiger partial charge < -0.3 is 10.1 Å². The highest BCUT2D eigenvalue weighted by atomic mass is 35.5. The van der Waals surface area contributed by atoms with Crippen LogP contribution in [0.1, 0.15) is 42.3 Å². The zero-order valence-corrected chi connectivity index (χ0v) is 20.2. The smallest absolute Gasteiger partial charge is 0.253 e. The summed E-state index contributed by atoms with van der Waals surface area (Å²) in [5.74, 6) is -0.427. The standard InChI is InChI=1S/C23H30ClN3O4S/c1-16(2)26-32(29,30)20-7-8-22(24)21(12-20)23(28)25-13-18-5-4-6-19(11-18)15-27-9-10-31-17(3)14-27/h4-8,11-12,16-17,26H,9-10,13-15H2,1-3H3,(H,25,28). The van der Waals surface area contributed by atoms with Crippen LogP contribution in [0.15, 0.2) is 47.4 Å². The summed E-state index contributed by atoms with van der Waals surface area (Å²) in [5, 5.41) is 3.04. The average molecular weight is 480 g/mol. The Labute approximate surface area is 195 Å². The van der Waals surface area contributed by atoms with Gasteiger partial charge in [-0.2, -0.15) is 0 Å². The quantitative estimate of drug-likeness (QED) is 0.607. The first-order valence-corrected chi connectivity index (χ1v) is 12.5. The fraction of sp³-hybridized carbons (Fsp3) is 0.435. The van der Waals surface area contributed by atoms with Gasteiger partial charge in [0.25, 0.3) is 5.91 Å². The Hall–Kier alpha value is -1.97. The van der Waals surface area contributed by atoms with E-state index in [2.05, 4.69) is 34.0 Å². The highest BCUT2D eigenvalue weighted by Gasteiger charge is 2.20. The molecule has 1 aliphatic heterocycles. The average Bonchev–Trinajstić information content (AvgIpc) is 2.71. The number of halogens is 1. The normalized spacial score (nSPS) is 17.5. The minimum Gasteiger partial charge on any atom is -0.376 e. The van der Waals surface area contributed by atoms with E-state index < -0.39 is 15.9 Å². The number of hydrogen-bond donors (Lipinski definition) is 2. The van der Waals surface area contributed by atoms with E-state index in [1.807, 2.05) is 12.1 Å². The Bertz CT molecular complexity index is 1060. The van der Waals surface area contributed by atoms with E-state index >= 15 is 0 Å². The number of rotatable bonds is 8. The molecule has 2 aromatic carbocycles. The molecule has 0 aliphatic carbocycles. The third-order valence-electron chi connectivity index (χ3n) is 5.06. The molecule has 0 aromatic heterocycles. The molecule has 1 aliphatic rings. The van der Waals surface area contributed by atoms with Crippen molar-refractivity contribution in [3.63, 3.8) is 0 Å². The van der Waals surface area contributed by atoms with Crippen molar-refractivity contribution < 1.29 is 17.9 Å². The monoisotopic (exact) mass is 479 g/mol. The van der Waals surface area contributed by atoms with Gasteiger partial charge in [0.2, 0.25) is 10.0 Å².